The molecular formula is C85H54N2. The molecule has 0 aliphatic heterocycles. The van der Waals surface area contributed by atoms with E-state index in [0.717, 1.165) is 33.8 Å². The molecule has 2 heteroatoms. The van der Waals surface area contributed by atoms with Gasteiger partial charge in [-0.25, -0.2) is 0 Å². The van der Waals surface area contributed by atoms with E-state index in [9.17, 15) is 0 Å². The zero-order valence-electron chi connectivity index (χ0n) is 47.6. The maximum Gasteiger partial charge on any atom is 0.0725 e. The zero-order chi connectivity index (χ0) is 57.2. The fourth-order valence-corrected chi connectivity index (χ4v) is 15.3. The molecule has 1 heterocycles. The van der Waals surface area contributed by atoms with E-state index in [-0.39, 0.29) is 0 Å². The highest BCUT2D eigenvalue weighted by Gasteiger charge is 2.51. The lowest BCUT2D eigenvalue weighted by atomic mass is 9.70. The van der Waals surface area contributed by atoms with Gasteiger partial charge in [0.25, 0.3) is 0 Å². The van der Waals surface area contributed by atoms with Gasteiger partial charge in [-0.3, -0.25) is 0 Å². The van der Waals surface area contributed by atoms with E-state index in [2.05, 4.69) is 337 Å². The molecule has 1 spiro atoms. The van der Waals surface area contributed by atoms with Crippen molar-refractivity contribution in [2.75, 3.05) is 4.90 Å². The molecule has 2 aliphatic carbocycles. The number of nitrogens with zero attached hydrogens (tertiary/aromatic N) is 2. The summed E-state index contributed by atoms with van der Waals surface area (Å²) in [7, 11) is 0. The molecular weight excluding hydrogens is 1050 g/mol. The van der Waals surface area contributed by atoms with Crippen molar-refractivity contribution in [2.24, 2.45) is 0 Å². The molecule has 2 nitrogen and oxygen atoms in total. The Hall–Kier alpha value is -11.3. The molecule has 87 heavy (non-hydrogen) atoms. The third kappa shape index (κ3) is 7.35. The Morgan fingerprint density at radius 1 is 0.230 bits per heavy atom. The largest absolute Gasteiger partial charge is 0.310 e. The van der Waals surface area contributed by atoms with Gasteiger partial charge in [0.1, 0.15) is 0 Å². The minimum absolute atomic E-state index is 0.430. The Balaban J connectivity index is 0.821. The van der Waals surface area contributed by atoms with Gasteiger partial charge >= 0.3 is 0 Å². The summed E-state index contributed by atoms with van der Waals surface area (Å²) >= 11 is 0. The van der Waals surface area contributed by atoms with E-state index in [1.165, 1.54) is 132 Å². The summed E-state index contributed by atoms with van der Waals surface area (Å²) in [5, 5.41) is 9.83. The summed E-state index contributed by atoms with van der Waals surface area (Å²) in [5.41, 5.74) is 26.5. The molecule has 0 unspecified atom stereocenters. The second-order valence-corrected chi connectivity index (χ2v) is 23.4. The first kappa shape index (κ1) is 49.1. The SMILES string of the molecule is c1ccc(-c2c3ccccc3c(-c3ccc(N(c4ccc(-c5cccc6ccccc56)cc4)c4ccc5c(c4)c4cc(-c6ccc7c(c6)C6(c8ccccc8-c8ccccc86)c6ccccc6-7)ccc4n5-c4ccccc4)cc3)c3ccccc23)cc1. The number of rotatable bonds is 8. The van der Waals surface area contributed by atoms with E-state index >= 15 is 0 Å². The number of benzene rings is 15. The molecule has 0 saturated heterocycles. The van der Waals surface area contributed by atoms with Gasteiger partial charge in [0, 0.05) is 33.5 Å². The molecule has 0 fully saturated rings. The van der Waals surface area contributed by atoms with Crippen LogP contribution in [0.25, 0.3) is 127 Å². The first-order valence-corrected chi connectivity index (χ1v) is 30.2. The highest BCUT2D eigenvalue weighted by molar-refractivity contribution is 6.21. The molecule has 404 valence electrons. The number of hydrogen-bond acceptors (Lipinski definition) is 1. The molecule has 0 atom stereocenters. The Labute approximate surface area is 505 Å². The van der Waals surface area contributed by atoms with Crippen molar-refractivity contribution in [2.45, 2.75) is 5.41 Å². The van der Waals surface area contributed by atoms with E-state index in [1.54, 1.807) is 0 Å². The van der Waals surface area contributed by atoms with E-state index < -0.39 is 5.41 Å². The topological polar surface area (TPSA) is 8.17 Å². The second-order valence-electron chi connectivity index (χ2n) is 23.4. The van der Waals surface area contributed by atoms with Gasteiger partial charge in [-0.05, 0) is 194 Å². The average Bonchev–Trinajstić information content (AvgIpc) is 1.55. The van der Waals surface area contributed by atoms with Gasteiger partial charge in [-0.2, -0.15) is 0 Å². The highest BCUT2D eigenvalue weighted by atomic mass is 15.1. The zero-order valence-corrected chi connectivity index (χ0v) is 47.6. The maximum atomic E-state index is 2.51. The van der Waals surface area contributed by atoms with Gasteiger partial charge in [0.15, 0.2) is 0 Å². The van der Waals surface area contributed by atoms with Gasteiger partial charge in [-0.1, -0.05) is 255 Å². The summed E-state index contributed by atoms with van der Waals surface area (Å²) in [6.45, 7) is 0. The van der Waals surface area contributed by atoms with Crippen molar-refractivity contribution in [3.63, 3.8) is 0 Å². The smallest absolute Gasteiger partial charge is 0.0725 e. The number of fused-ring (bicyclic) bond motifs is 16. The minimum atomic E-state index is -0.430. The van der Waals surface area contributed by atoms with E-state index in [4.69, 9.17) is 0 Å². The normalized spacial score (nSPS) is 12.7. The van der Waals surface area contributed by atoms with Crippen molar-refractivity contribution < 1.29 is 0 Å². The number of anilines is 3. The van der Waals surface area contributed by atoms with Crippen molar-refractivity contribution in [1.29, 1.82) is 0 Å². The van der Waals surface area contributed by atoms with Crippen LogP contribution in [0.1, 0.15) is 22.3 Å². The van der Waals surface area contributed by atoms with Crippen LogP contribution in [0.4, 0.5) is 17.1 Å². The van der Waals surface area contributed by atoms with Gasteiger partial charge in [0.2, 0.25) is 0 Å². The third-order valence-corrected chi connectivity index (χ3v) is 19.0. The van der Waals surface area contributed by atoms with Crippen molar-refractivity contribution in [3.05, 3.63) is 350 Å². The Kier molecular flexibility index (Phi) is 10.9. The lowest BCUT2D eigenvalue weighted by Gasteiger charge is -2.30. The average molecular weight is 1100 g/mol. The van der Waals surface area contributed by atoms with Crippen LogP contribution in [-0.4, -0.2) is 4.57 Å². The van der Waals surface area contributed by atoms with Crippen LogP contribution in [-0.2, 0) is 5.41 Å². The molecule has 0 amide bonds. The molecule has 16 aromatic rings. The molecule has 0 N–H and O–H groups in total. The van der Waals surface area contributed by atoms with Crippen molar-refractivity contribution >= 4 is 71.2 Å². The molecule has 18 rings (SSSR count). The Bertz CT molecular complexity index is 5320. The van der Waals surface area contributed by atoms with Crippen molar-refractivity contribution in [3.8, 4) is 72.4 Å². The molecule has 15 aromatic carbocycles. The Morgan fingerprint density at radius 3 is 1.23 bits per heavy atom. The predicted octanol–water partition coefficient (Wildman–Crippen LogP) is 22.7. The molecule has 0 bridgehead atoms. The fourth-order valence-electron chi connectivity index (χ4n) is 15.3. The first-order valence-electron chi connectivity index (χ1n) is 30.2. The predicted molar refractivity (Wildman–Crippen MR) is 366 cm³/mol. The Morgan fingerprint density at radius 2 is 0.632 bits per heavy atom. The quantitative estimate of drug-likeness (QED) is 0.138. The lowest BCUT2D eigenvalue weighted by molar-refractivity contribution is 0.794. The summed E-state index contributed by atoms with van der Waals surface area (Å²) in [6.07, 6.45) is 0. The molecule has 1 aromatic heterocycles. The van der Waals surface area contributed by atoms with Crippen LogP contribution in [0.2, 0.25) is 0 Å². The van der Waals surface area contributed by atoms with Gasteiger partial charge in [0.05, 0.1) is 16.4 Å². The lowest BCUT2D eigenvalue weighted by Crippen LogP contribution is -2.25. The van der Waals surface area contributed by atoms with Gasteiger partial charge in [-0.15, -0.1) is 0 Å². The number of hydrogen-bond donors (Lipinski definition) is 0. The second kappa shape index (κ2) is 19.4. The molecule has 0 saturated carbocycles. The fraction of sp³-hybridized carbons (Fsp3) is 0.0118. The van der Waals surface area contributed by atoms with Crippen LogP contribution in [0, 0.1) is 0 Å². The van der Waals surface area contributed by atoms with Gasteiger partial charge < -0.3 is 9.47 Å². The van der Waals surface area contributed by atoms with Crippen molar-refractivity contribution in [1.82, 2.24) is 4.57 Å². The summed E-state index contributed by atoms with van der Waals surface area (Å²) in [5.74, 6) is 0. The van der Waals surface area contributed by atoms with Crippen LogP contribution >= 0.6 is 0 Å². The summed E-state index contributed by atoms with van der Waals surface area (Å²) in [6, 6.07) is 122. The van der Waals surface area contributed by atoms with Crippen LogP contribution in [0.3, 0.4) is 0 Å². The number of aromatic nitrogens is 1. The number of para-hydroxylation sites is 1. The maximum absolute atomic E-state index is 2.51. The minimum Gasteiger partial charge on any atom is -0.310 e. The van der Waals surface area contributed by atoms with Crippen LogP contribution in [0.15, 0.2) is 328 Å². The molecule has 2 aliphatic rings. The third-order valence-electron chi connectivity index (χ3n) is 19.0. The standard InChI is InChI=1S/C85H54N2/c1-3-21-57(22-4-1)83-71-30-9-11-32-73(71)84(74-33-12-10-31-72(74)83)58-40-46-63(47-41-58)86(62-44-38-56(39-45-62)66-34-19-23-55-20-7-8-26-65(55)66)64-48-51-82-76(54-64)75-52-59(43-50-81(75)87(82)61-24-5-2-6-25-61)60-42-49-70-69-29-15-18-37-79(69)85(80(70)53-60)77-35-16-13-27-67(77)68-28-14-17-36-78(68)85/h1-54H. The van der Waals surface area contributed by atoms with Crippen LogP contribution in [0.5, 0.6) is 0 Å². The van der Waals surface area contributed by atoms with E-state index in [0.29, 0.717) is 0 Å². The monoisotopic (exact) mass is 1100 g/mol. The summed E-state index contributed by atoms with van der Waals surface area (Å²) < 4.78 is 2.44. The van der Waals surface area contributed by atoms with Crippen LogP contribution < -0.4 is 4.90 Å². The highest BCUT2D eigenvalue weighted by Crippen LogP contribution is 2.63. The first-order chi connectivity index (χ1) is 43.2. The molecule has 0 radical (unpaired) electrons. The summed E-state index contributed by atoms with van der Waals surface area (Å²) in [4.78, 5) is 2.44. The van der Waals surface area contributed by atoms with E-state index in [1.807, 2.05) is 0 Å².